The highest BCUT2D eigenvalue weighted by Crippen LogP contribution is 2.13. The largest absolute Gasteiger partial charge is 0.355 e. The first-order valence-corrected chi connectivity index (χ1v) is 8.08. The number of aromatic nitrogens is 1. The molecule has 0 amide bonds. The van der Waals surface area contributed by atoms with Gasteiger partial charge in [0.1, 0.15) is 5.82 Å². The van der Waals surface area contributed by atoms with Crippen LogP contribution < -0.4 is 10.2 Å². The third-order valence-corrected chi connectivity index (χ3v) is 3.29. The summed E-state index contributed by atoms with van der Waals surface area (Å²) in [5.74, 6) is 1.73. The molecule has 0 spiro atoms. The van der Waals surface area contributed by atoms with Crippen molar-refractivity contribution >= 4 is 5.82 Å². The maximum Gasteiger partial charge on any atom is 0.128 e. The lowest BCUT2D eigenvalue weighted by atomic mass is 10.2. The van der Waals surface area contributed by atoms with E-state index >= 15 is 0 Å². The highest BCUT2D eigenvalue weighted by molar-refractivity contribution is 5.39. The molecule has 120 valence electrons. The molecule has 0 bridgehead atoms. The van der Waals surface area contributed by atoms with E-state index in [1.54, 1.807) is 0 Å². The smallest absolute Gasteiger partial charge is 0.128 e. The number of anilines is 1. The molecule has 1 N–H and O–H groups in total. The van der Waals surface area contributed by atoms with Crippen LogP contribution in [0.3, 0.4) is 0 Å². The van der Waals surface area contributed by atoms with E-state index in [0.717, 1.165) is 45.0 Å². The number of nitrogens with one attached hydrogen (secondary N) is 1. The minimum Gasteiger partial charge on any atom is -0.355 e. The second-order valence-electron chi connectivity index (χ2n) is 6.34. The van der Waals surface area contributed by atoms with Crippen LogP contribution in [0.2, 0.25) is 0 Å². The molecule has 0 aromatic carbocycles. The predicted molar refractivity (Wildman–Crippen MR) is 91.8 cm³/mol. The fourth-order valence-electron chi connectivity index (χ4n) is 2.18. The van der Waals surface area contributed by atoms with Crippen molar-refractivity contribution in [3.8, 4) is 0 Å². The molecular formula is C17H32N4. The quantitative estimate of drug-likeness (QED) is 0.672. The van der Waals surface area contributed by atoms with E-state index in [-0.39, 0.29) is 0 Å². The molecule has 0 aliphatic carbocycles. The van der Waals surface area contributed by atoms with E-state index in [9.17, 15) is 0 Å². The van der Waals surface area contributed by atoms with Crippen molar-refractivity contribution in [2.24, 2.45) is 5.92 Å². The van der Waals surface area contributed by atoms with Gasteiger partial charge >= 0.3 is 0 Å². The number of hydrogen-bond acceptors (Lipinski definition) is 4. The Hall–Kier alpha value is -1.13. The summed E-state index contributed by atoms with van der Waals surface area (Å²) in [6.07, 6.45) is 3.17. The third-order valence-electron chi connectivity index (χ3n) is 3.29. The molecule has 4 heteroatoms. The van der Waals surface area contributed by atoms with Gasteiger partial charge in [-0.05, 0) is 44.6 Å². The molecule has 0 unspecified atom stereocenters. The minimum absolute atomic E-state index is 0.639. The standard InChI is InChI=1S/C17H32N4/c1-6-9-18-12-16-7-8-17(19-13-16)21(14-15(2)3)11-10-20(4)5/h7-8,13,15,18H,6,9-12,14H2,1-5H3. The van der Waals surface area contributed by atoms with Crippen molar-refractivity contribution in [1.82, 2.24) is 15.2 Å². The summed E-state index contributed by atoms with van der Waals surface area (Å²) in [5.41, 5.74) is 1.25. The maximum atomic E-state index is 4.66. The second-order valence-corrected chi connectivity index (χ2v) is 6.34. The Kier molecular flexibility index (Phi) is 8.31. The molecule has 1 heterocycles. The van der Waals surface area contributed by atoms with Gasteiger partial charge in [-0.2, -0.15) is 0 Å². The van der Waals surface area contributed by atoms with Gasteiger partial charge in [0.25, 0.3) is 0 Å². The Bertz CT molecular complexity index is 373. The lowest BCUT2D eigenvalue weighted by Crippen LogP contribution is -2.35. The average Bonchev–Trinajstić information content (AvgIpc) is 2.44. The van der Waals surface area contributed by atoms with Crippen LogP contribution in [0.15, 0.2) is 18.3 Å². The third kappa shape index (κ3) is 7.44. The zero-order valence-electron chi connectivity index (χ0n) is 14.4. The van der Waals surface area contributed by atoms with Crippen LogP contribution in [0.5, 0.6) is 0 Å². The Morgan fingerprint density at radius 1 is 1.19 bits per heavy atom. The number of likely N-dealkylation sites (N-methyl/N-ethyl adjacent to an activating group) is 1. The summed E-state index contributed by atoms with van der Waals surface area (Å²) in [5, 5.41) is 3.41. The first kappa shape index (κ1) is 17.9. The van der Waals surface area contributed by atoms with Gasteiger partial charge in [-0.25, -0.2) is 4.98 Å². The van der Waals surface area contributed by atoms with E-state index in [1.807, 2.05) is 6.20 Å². The molecule has 0 aliphatic heterocycles. The van der Waals surface area contributed by atoms with Crippen molar-refractivity contribution in [3.05, 3.63) is 23.9 Å². The molecule has 1 aromatic heterocycles. The topological polar surface area (TPSA) is 31.4 Å². The summed E-state index contributed by atoms with van der Waals surface area (Å²) in [4.78, 5) is 9.26. The predicted octanol–water partition coefficient (Wildman–Crippen LogP) is 2.61. The van der Waals surface area contributed by atoms with Crippen LogP contribution >= 0.6 is 0 Å². The van der Waals surface area contributed by atoms with E-state index in [2.05, 4.69) is 67.1 Å². The molecule has 0 saturated carbocycles. The Morgan fingerprint density at radius 2 is 1.95 bits per heavy atom. The fraction of sp³-hybridized carbons (Fsp3) is 0.706. The van der Waals surface area contributed by atoms with Crippen molar-refractivity contribution in [2.75, 3.05) is 45.2 Å². The summed E-state index contributed by atoms with van der Waals surface area (Å²) in [7, 11) is 4.23. The van der Waals surface area contributed by atoms with Crippen molar-refractivity contribution in [2.45, 2.75) is 33.7 Å². The van der Waals surface area contributed by atoms with Gasteiger partial charge in [0.05, 0.1) is 0 Å². The fourth-order valence-corrected chi connectivity index (χ4v) is 2.18. The Labute approximate surface area is 130 Å². The van der Waals surface area contributed by atoms with Gasteiger partial charge in [-0.15, -0.1) is 0 Å². The minimum atomic E-state index is 0.639. The Morgan fingerprint density at radius 3 is 2.48 bits per heavy atom. The maximum absolute atomic E-state index is 4.66. The van der Waals surface area contributed by atoms with E-state index in [1.165, 1.54) is 5.56 Å². The number of rotatable bonds is 10. The van der Waals surface area contributed by atoms with E-state index in [0.29, 0.717) is 5.92 Å². The molecular weight excluding hydrogens is 260 g/mol. The van der Waals surface area contributed by atoms with Crippen LogP contribution in [-0.4, -0.2) is 50.2 Å². The van der Waals surface area contributed by atoms with Crippen LogP contribution in [-0.2, 0) is 6.54 Å². The molecule has 0 atom stereocenters. The lowest BCUT2D eigenvalue weighted by molar-refractivity contribution is 0.408. The summed E-state index contributed by atoms with van der Waals surface area (Å²) in [6.45, 7) is 11.8. The lowest BCUT2D eigenvalue weighted by Gasteiger charge is -2.27. The first-order chi connectivity index (χ1) is 10.0. The van der Waals surface area contributed by atoms with E-state index in [4.69, 9.17) is 0 Å². The van der Waals surface area contributed by atoms with Gasteiger partial charge in [-0.3, -0.25) is 0 Å². The molecule has 0 radical (unpaired) electrons. The highest BCUT2D eigenvalue weighted by Gasteiger charge is 2.10. The summed E-state index contributed by atoms with van der Waals surface area (Å²) < 4.78 is 0. The number of nitrogens with zero attached hydrogens (tertiary/aromatic N) is 3. The zero-order valence-corrected chi connectivity index (χ0v) is 14.4. The van der Waals surface area contributed by atoms with E-state index < -0.39 is 0 Å². The van der Waals surface area contributed by atoms with Crippen LogP contribution in [0, 0.1) is 5.92 Å². The van der Waals surface area contributed by atoms with Crippen LogP contribution in [0.25, 0.3) is 0 Å². The second kappa shape index (κ2) is 9.74. The average molecular weight is 292 g/mol. The van der Waals surface area contributed by atoms with Crippen LogP contribution in [0.1, 0.15) is 32.8 Å². The SMILES string of the molecule is CCCNCc1ccc(N(CCN(C)C)CC(C)C)nc1. The summed E-state index contributed by atoms with van der Waals surface area (Å²) >= 11 is 0. The molecule has 4 nitrogen and oxygen atoms in total. The number of hydrogen-bond donors (Lipinski definition) is 1. The molecule has 1 rings (SSSR count). The van der Waals surface area contributed by atoms with Gasteiger partial charge in [0, 0.05) is 32.4 Å². The van der Waals surface area contributed by atoms with Crippen molar-refractivity contribution in [1.29, 1.82) is 0 Å². The summed E-state index contributed by atoms with van der Waals surface area (Å²) in [6, 6.07) is 4.34. The monoisotopic (exact) mass is 292 g/mol. The highest BCUT2D eigenvalue weighted by atomic mass is 15.2. The zero-order chi connectivity index (χ0) is 15.7. The van der Waals surface area contributed by atoms with Crippen molar-refractivity contribution in [3.63, 3.8) is 0 Å². The molecule has 0 aliphatic rings. The molecule has 0 saturated heterocycles. The van der Waals surface area contributed by atoms with Crippen LogP contribution in [0.4, 0.5) is 5.82 Å². The van der Waals surface area contributed by atoms with Gasteiger partial charge in [-0.1, -0.05) is 26.8 Å². The van der Waals surface area contributed by atoms with Crippen molar-refractivity contribution < 1.29 is 0 Å². The van der Waals surface area contributed by atoms with Gasteiger partial charge in [0.15, 0.2) is 0 Å². The normalized spacial score (nSPS) is 11.4. The molecule has 1 aromatic rings. The molecule has 21 heavy (non-hydrogen) atoms. The molecule has 0 fully saturated rings. The van der Waals surface area contributed by atoms with Gasteiger partial charge in [0.2, 0.25) is 0 Å². The van der Waals surface area contributed by atoms with Gasteiger partial charge < -0.3 is 15.1 Å². The first-order valence-electron chi connectivity index (χ1n) is 8.08. The Balaban J connectivity index is 2.64. The number of pyridine rings is 1.